The molecule has 1 aromatic carbocycles. The van der Waals surface area contributed by atoms with Crippen LogP contribution in [0.15, 0.2) is 54.9 Å². The van der Waals surface area contributed by atoms with Gasteiger partial charge in [0.15, 0.2) is 5.78 Å². The maximum Gasteiger partial charge on any atom is 0.185 e. The molecular weight excluding hydrogens is 238 g/mol. The first-order valence-electron chi connectivity index (χ1n) is 6.15. The van der Waals surface area contributed by atoms with Crippen molar-refractivity contribution in [1.29, 1.82) is 0 Å². The summed E-state index contributed by atoms with van der Waals surface area (Å²) in [5, 5.41) is 0. The quantitative estimate of drug-likeness (QED) is 0.605. The van der Waals surface area contributed by atoms with E-state index < -0.39 is 0 Å². The predicted molar refractivity (Wildman–Crippen MR) is 75.2 cm³/mol. The van der Waals surface area contributed by atoms with Gasteiger partial charge >= 0.3 is 0 Å². The zero-order valence-corrected chi connectivity index (χ0v) is 10.7. The monoisotopic (exact) mass is 253 g/mol. The molecule has 0 bridgehead atoms. The van der Waals surface area contributed by atoms with Gasteiger partial charge in [0.1, 0.15) is 5.75 Å². The van der Waals surface area contributed by atoms with Crippen LogP contribution in [0, 0.1) is 0 Å². The van der Waals surface area contributed by atoms with Crippen LogP contribution in [0.3, 0.4) is 0 Å². The van der Waals surface area contributed by atoms with Crippen LogP contribution in [0.2, 0.25) is 0 Å². The predicted octanol–water partition coefficient (Wildman–Crippen LogP) is 3.38. The molecule has 3 heteroatoms. The summed E-state index contributed by atoms with van der Waals surface area (Å²) in [6.07, 6.45) is 6.71. The smallest absolute Gasteiger partial charge is 0.185 e. The number of nitrogens with zero attached hydrogens (tertiary/aromatic N) is 1. The van der Waals surface area contributed by atoms with E-state index in [0.29, 0.717) is 12.2 Å². The van der Waals surface area contributed by atoms with Gasteiger partial charge in [-0.1, -0.05) is 6.07 Å². The molecule has 0 saturated heterocycles. The summed E-state index contributed by atoms with van der Waals surface area (Å²) in [6, 6.07) is 10.9. The summed E-state index contributed by atoms with van der Waals surface area (Å²) in [4.78, 5) is 15.9. The summed E-state index contributed by atoms with van der Waals surface area (Å²) < 4.78 is 5.33. The minimum absolute atomic E-state index is 0.0353. The van der Waals surface area contributed by atoms with Gasteiger partial charge in [0.2, 0.25) is 0 Å². The third-order valence-corrected chi connectivity index (χ3v) is 2.56. The second-order valence-corrected chi connectivity index (χ2v) is 3.94. The Morgan fingerprint density at radius 2 is 2.05 bits per heavy atom. The SMILES string of the molecule is CCOc1ccc(C(=O)C=Cc2cccnc2)cc1. The molecule has 1 heterocycles. The number of carbonyl (C=O) groups is 1. The van der Waals surface area contributed by atoms with Crippen LogP contribution in [-0.2, 0) is 0 Å². The van der Waals surface area contributed by atoms with E-state index in [4.69, 9.17) is 4.74 Å². The molecular formula is C16H15NO2. The maximum atomic E-state index is 11.9. The van der Waals surface area contributed by atoms with Crippen molar-refractivity contribution in [1.82, 2.24) is 4.98 Å². The standard InChI is InChI=1S/C16H15NO2/c1-2-19-15-8-6-14(7-9-15)16(18)10-5-13-4-3-11-17-12-13/h3-12H,2H2,1H3. The molecule has 3 nitrogen and oxygen atoms in total. The summed E-state index contributed by atoms with van der Waals surface area (Å²) >= 11 is 0. The van der Waals surface area contributed by atoms with E-state index in [2.05, 4.69) is 4.98 Å². The van der Waals surface area contributed by atoms with Crippen LogP contribution >= 0.6 is 0 Å². The normalized spacial score (nSPS) is 10.6. The molecule has 0 radical (unpaired) electrons. The molecule has 2 rings (SSSR count). The molecule has 0 aliphatic rings. The Balaban J connectivity index is 2.05. The van der Waals surface area contributed by atoms with Crippen LogP contribution in [0.1, 0.15) is 22.8 Å². The average molecular weight is 253 g/mol. The molecule has 0 saturated carbocycles. The molecule has 0 spiro atoms. The lowest BCUT2D eigenvalue weighted by Gasteiger charge is -2.02. The Hall–Kier alpha value is -2.42. The Morgan fingerprint density at radius 3 is 2.68 bits per heavy atom. The Morgan fingerprint density at radius 1 is 1.26 bits per heavy atom. The van der Waals surface area contributed by atoms with Crippen LogP contribution < -0.4 is 4.74 Å². The highest BCUT2D eigenvalue weighted by molar-refractivity contribution is 6.06. The Labute approximate surface area is 112 Å². The van der Waals surface area contributed by atoms with E-state index in [1.807, 2.05) is 19.1 Å². The van der Waals surface area contributed by atoms with Crippen molar-refractivity contribution in [2.45, 2.75) is 6.92 Å². The van der Waals surface area contributed by atoms with E-state index in [0.717, 1.165) is 11.3 Å². The van der Waals surface area contributed by atoms with Crippen molar-refractivity contribution < 1.29 is 9.53 Å². The number of hydrogen-bond donors (Lipinski definition) is 0. The van der Waals surface area contributed by atoms with Crippen molar-refractivity contribution in [3.05, 3.63) is 66.0 Å². The van der Waals surface area contributed by atoms with Gasteiger partial charge in [-0.25, -0.2) is 0 Å². The first-order chi connectivity index (χ1) is 9.29. The molecule has 0 N–H and O–H groups in total. The van der Waals surface area contributed by atoms with E-state index in [9.17, 15) is 4.79 Å². The van der Waals surface area contributed by atoms with E-state index in [1.165, 1.54) is 0 Å². The Kier molecular flexibility index (Phi) is 4.45. The van der Waals surface area contributed by atoms with Gasteiger partial charge in [-0.05, 0) is 55.0 Å². The van der Waals surface area contributed by atoms with Crippen molar-refractivity contribution in [3.63, 3.8) is 0 Å². The molecule has 0 atom stereocenters. The first-order valence-corrected chi connectivity index (χ1v) is 6.15. The molecule has 96 valence electrons. The third-order valence-electron chi connectivity index (χ3n) is 2.56. The largest absolute Gasteiger partial charge is 0.494 e. The topological polar surface area (TPSA) is 39.2 Å². The number of ether oxygens (including phenoxy) is 1. The number of rotatable bonds is 5. The molecule has 0 amide bonds. The number of ketones is 1. The Bertz CT molecular complexity index is 559. The van der Waals surface area contributed by atoms with Crippen molar-refractivity contribution in [2.75, 3.05) is 6.61 Å². The zero-order chi connectivity index (χ0) is 13.5. The van der Waals surface area contributed by atoms with Crippen molar-refractivity contribution in [2.24, 2.45) is 0 Å². The average Bonchev–Trinajstić information content (AvgIpc) is 2.47. The van der Waals surface area contributed by atoms with Gasteiger partial charge in [-0.2, -0.15) is 0 Å². The third kappa shape index (κ3) is 3.78. The summed E-state index contributed by atoms with van der Waals surface area (Å²) in [7, 11) is 0. The lowest BCUT2D eigenvalue weighted by molar-refractivity contribution is 0.104. The second kappa shape index (κ2) is 6.50. The van der Waals surface area contributed by atoms with Gasteiger partial charge in [0.25, 0.3) is 0 Å². The van der Waals surface area contributed by atoms with E-state index >= 15 is 0 Å². The van der Waals surface area contributed by atoms with Gasteiger partial charge in [0.05, 0.1) is 6.61 Å². The molecule has 0 aliphatic carbocycles. The van der Waals surface area contributed by atoms with Gasteiger partial charge in [0, 0.05) is 18.0 Å². The first kappa shape index (κ1) is 13.0. The van der Waals surface area contributed by atoms with Gasteiger partial charge in [-0.3, -0.25) is 9.78 Å². The second-order valence-electron chi connectivity index (χ2n) is 3.94. The van der Waals surface area contributed by atoms with E-state index in [-0.39, 0.29) is 5.78 Å². The fourth-order valence-corrected chi connectivity index (χ4v) is 1.62. The highest BCUT2D eigenvalue weighted by Gasteiger charge is 2.01. The highest BCUT2D eigenvalue weighted by atomic mass is 16.5. The number of aromatic nitrogens is 1. The number of allylic oxidation sites excluding steroid dienone is 1. The summed E-state index contributed by atoms with van der Waals surface area (Å²) in [5.41, 5.74) is 1.55. The lowest BCUT2D eigenvalue weighted by atomic mass is 10.1. The minimum Gasteiger partial charge on any atom is -0.494 e. The minimum atomic E-state index is -0.0353. The van der Waals surface area contributed by atoms with Crippen molar-refractivity contribution >= 4 is 11.9 Å². The number of pyridine rings is 1. The van der Waals surface area contributed by atoms with Gasteiger partial charge < -0.3 is 4.74 Å². The lowest BCUT2D eigenvalue weighted by Crippen LogP contribution is -1.95. The van der Waals surface area contributed by atoms with Crippen LogP contribution in [-0.4, -0.2) is 17.4 Å². The molecule has 2 aromatic rings. The zero-order valence-electron chi connectivity index (χ0n) is 10.7. The fraction of sp³-hybridized carbons (Fsp3) is 0.125. The van der Waals surface area contributed by atoms with Crippen LogP contribution in [0.5, 0.6) is 5.75 Å². The number of benzene rings is 1. The molecule has 1 aromatic heterocycles. The molecule has 19 heavy (non-hydrogen) atoms. The number of carbonyl (C=O) groups excluding carboxylic acids is 1. The summed E-state index contributed by atoms with van der Waals surface area (Å²) in [5.74, 6) is 0.738. The molecule has 0 fully saturated rings. The molecule has 0 unspecified atom stereocenters. The maximum absolute atomic E-state index is 11.9. The van der Waals surface area contributed by atoms with Crippen LogP contribution in [0.4, 0.5) is 0 Å². The van der Waals surface area contributed by atoms with Gasteiger partial charge in [-0.15, -0.1) is 0 Å². The van der Waals surface area contributed by atoms with Crippen molar-refractivity contribution in [3.8, 4) is 5.75 Å². The fourth-order valence-electron chi connectivity index (χ4n) is 1.62. The number of hydrogen-bond acceptors (Lipinski definition) is 3. The molecule has 0 aliphatic heterocycles. The van der Waals surface area contributed by atoms with Crippen LogP contribution in [0.25, 0.3) is 6.08 Å². The van der Waals surface area contributed by atoms with E-state index in [1.54, 1.807) is 48.8 Å². The highest BCUT2D eigenvalue weighted by Crippen LogP contribution is 2.13. The summed E-state index contributed by atoms with van der Waals surface area (Å²) in [6.45, 7) is 2.55.